The van der Waals surface area contributed by atoms with Crippen molar-refractivity contribution in [3.63, 3.8) is 0 Å². The van der Waals surface area contributed by atoms with Gasteiger partial charge >= 0.3 is 0 Å². The molecule has 0 spiro atoms. The van der Waals surface area contributed by atoms with Gasteiger partial charge in [-0.15, -0.1) is 0 Å². The minimum absolute atomic E-state index is 1.08. The van der Waals surface area contributed by atoms with Gasteiger partial charge in [0.15, 0.2) is 0 Å². The molecule has 0 saturated heterocycles. The Kier molecular flexibility index (Phi) is 8.90. The molecule has 1 nitrogen and oxygen atoms in total. The Balaban J connectivity index is 1.08. The van der Waals surface area contributed by atoms with Crippen LogP contribution in [0.25, 0.3) is 98.4 Å². The molecule has 0 aromatic heterocycles. The lowest BCUT2D eigenvalue weighted by molar-refractivity contribution is 1.28. The molecule has 0 bridgehead atoms. The molecule has 0 radical (unpaired) electrons. The third-order valence-corrected chi connectivity index (χ3v) is 12.8. The van der Waals surface area contributed by atoms with E-state index in [0.717, 1.165) is 17.1 Å². The predicted molar refractivity (Wildman–Crippen MR) is 270 cm³/mol. The number of anilines is 3. The van der Waals surface area contributed by atoms with Gasteiger partial charge < -0.3 is 4.90 Å². The summed E-state index contributed by atoms with van der Waals surface area (Å²) in [5.41, 5.74) is 12.8. The molecule has 0 fully saturated rings. The van der Waals surface area contributed by atoms with E-state index >= 15 is 0 Å². The topological polar surface area (TPSA) is 3.24 Å². The average molecular weight is 800 g/mol. The highest BCUT2D eigenvalue weighted by molar-refractivity contribution is 6.24. The Bertz CT molecular complexity index is 3660. The first-order valence-electron chi connectivity index (χ1n) is 21.8. The van der Waals surface area contributed by atoms with Crippen molar-refractivity contribution in [3.05, 3.63) is 249 Å². The van der Waals surface area contributed by atoms with Crippen molar-refractivity contribution < 1.29 is 0 Å². The maximum atomic E-state index is 2.44. The largest absolute Gasteiger partial charge is 0.310 e. The fourth-order valence-corrected chi connectivity index (χ4v) is 9.90. The van der Waals surface area contributed by atoms with Crippen molar-refractivity contribution >= 4 is 70.9 Å². The van der Waals surface area contributed by atoms with Crippen molar-refractivity contribution in [1.29, 1.82) is 0 Å². The zero-order chi connectivity index (χ0) is 41.7. The highest BCUT2D eigenvalue weighted by atomic mass is 15.1. The first-order chi connectivity index (χ1) is 31.3. The smallest absolute Gasteiger partial charge is 0.0540 e. The number of hydrogen-bond acceptors (Lipinski definition) is 1. The standard InChI is InChI=1S/C62H41N/c1-3-17-42(18-4-1)51-24-15-16-30-61(51)63(48-35-33-45(34-36-48)58-39-46-22-8-9-23-50(46)53-26-11-12-27-54(53)58)49-37-38-56(59(41-49)43-19-5-2-6-20-43)60-40-47-32-31-44-21-7-10-25-52(44)62(47)57-29-14-13-28-55(57)60/h1-41H. The Hall–Kier alpha value is -8.26. The average Bonchev–Trinajstić information content (AvgIpc) is 3.36. The van der Waals surface area contributed by atoms with Crippen LogP contribution in [0, 0.1) is 0 Å². The summed E-state index contributed by atoms with van der Waals surface area (Å²) in [5, 5.41) is 12.6. The molecule has 294 valence electrons. The van der Waals surface area contributed by atoms with E-state index in [2.05, 4.69) is 254 Å². The second-order valence-electron chi connectivity index (χ2n) is 16.4. The summed E-state index contributed by atoms with van der Waals surface area (Å²) in [6.07, 6.45) is 0. The van der Waals surface area contributed by atoms with E-state index in [9.17, 15) is 0 Å². The molecular weight excluding hydrogens is 759 g/mol. The van der Waals surface area contributed by atoms with E-state index in [1.807, 2.05) is 0 Å². The van der Waals surface area contributed by atoms with Crippen LogP contribution in [0.5, 0.6) is 0 Å². The van der Waals surface area contributed by atoms with Gasteiger partial charge in [0, 0.05) is 16.9 Å². The van der Waals surface area contributed by atoms with Gasteiger partial charge in [-0.25, -0.2) is 0 Å². The quantitative estimate of drug-likeness (QED) is 0.145. The first-order valence-corrected chi connectivity index (χ1v) is 21.8. The third kappa shape index (κ3) is 6.33. The monoisotopic (exact) mass is 799 g/mol. The number of para-hydroxylation sites is 1. The molecule has 0 unspecified atom stereocenters. The minimum Gasteiger partial charge on any atom is -0.310 e. The van der Waals surface area contributed by atoms with E-state index in [4.69, 9.17) is 0 Å². The highest BCUT2D eigenvalue weighted by Gasteiger charge is 2.21. The Labute approximate surface area is 367 Å². The number of fused-ring (bicyclic) bond motifs is 8. The molecule has 0 aliphatic rings. The molecule has 1 heteroatoms. The normalized spacial score (nSPS) is 11.5. The van der Waals surface area contributed by atoms with Gasteiger partial charge in [-0.1, -0.05) is 206 Å². The summed E-state index contributed by atoms with van der Waals surface area (Å²) in [4.78, 5) is 2.44. The fraction of sp³-hybridized carbons (Fsp3) is 0. The maximum absolute atomic E-state index is 2.44. The van der Waals surface area contributed by atoms with Crippen molar-refractivity contribution in [2.24, 2.45) is 0 Å². The van der Waals surface area contributed by atoms with E-state index in [0.29, 0.717) is 0 Å². The fourth-order valence-electron chi connectivity index (χ4n) is 9.90. The number of benzene rings is 12. The van der Waals surface area contributed by atoms with Gasteiger partial charge in [-0.3, -0.25) is 0 Å². The molecule has 63 heavy (non-hydrogen) atoms. The Morgan fingerprint density at radius 2 is 0.730 bits per heavy atom. The van der Waals surface area contributed by atoms with Crippen LogP contribution in [0.15, 0.2) is 249 Å². The second kappa shape index (κ2) is 15.3. The van der Waals surface area contributed by atoms with E-state index in [-0.39, 0.29) is 0 Å². The van der Waals surface area contributed by atoms with Gasteiger partial charge in [-0.2, -0.15) is 0 Å². The molecule has 0 N–H and O–H groups in total. The predicted octanol–water partition coefficient (Wildman–Crippen LogP) is 17.6. The van der Waals surface area contributed by atoms with Crippen LogP contribution in [0.3, 0.4) is 0 Å². The molecule has 0 aliphatic heterocycles. The molecule has 12 aromatic carbocycles. The molecule has 0 saturated carbocycles. The Morgan fingerprint density at radius 3 is 1.48 bits per heavy atom. The molecular formula is C62H41N. The maximum Gasteiger partial charge on any atom is 0.0540 e. The lowest BCUT2D eigenvalue weighted by atomic mass is 9.87. The minimum atomic E-state index is 1.08. The molecule has 0 amide bonds. The van der Waals surface area contributed by atoms with Gasteiger partial charge in [-0.05, 0) is 135 Å². The van der Waals surface area contributed by atoms with Crippen LogP contribution in [-0.2, 0) is 0 Å². The van der Waals surface area contributed by atoms with Crippen molar-refractivity contribution in [1.82, 2.24) is 0 Å². The molecule has 0 heterocycles. The van der Waals surface area contributed by atoms with Crippen molar-refractivity contribution in [2.75, 3.05) is 4.90 Å². The van der Waals surface area contributed by atoms with Crippen molar-refractivity contribution in [2.45, 2.75) is 0 Å². The number of rotatable bonds is 7. The lowest BCUT2D eigenvalue weighted by Crippen LogP contribution is -2.11. The number of hydrogen-bond donors (Lipinski definition) is 0. The van der Waals surface area contributed by atoms with E-state index in [1.165, 1.54) is 98.4 Å². The summed E-state index contributed by atoms with van der Waals surface area (Å²) >= 11 is 0. The van der Waals surface area contributed by atoms with Crippen LogP contribution in [0.1, 0.15) is 0 Å². The number of nitrogens with zero attached hydrogens (tertiary/aromatic N) is 1. The molecule has 12 aromatic rings. The van der Waals surface area contributed by atoms with Gasteiger partial charge in [0.25, 0.3) is 0 Å². The highest BCUT2D eigenvalue weighted by Crippen LogP contribution is 2.47. The molecule has 12 rings (SSSR count). The van der Waals surface area contributed by atoms with E-state index in [1.54, 1.807) is 0 Å². The second-order valence-corrected chi connectivity index (χ2v) is 16.4. The summed E-state index contributed by atoms with van der Waals surface area (Å²) in [6.45, 7) is 0. The van der Waals surface area contributed by atoms with Gasteiger partial charge in [0.2, 0.25) is 0 Å². The van der Waals surface area contributed by atoms with Gasteiger partial charge in [0.05, 0.1) is 5.69 Å². The summed E-state index contributed by atoms with van der Waals surface area (Å²) in [7, 11) is 0. The molecule has 0 atom stereocenters. The third-order valence-electron chi connectivity index (χ3n) is 12.8. The zero-order valence-corrected chi connectivity index (χ0v) is 34.6. The van der Waals surface area contributed by atoms with E-state index < -0.39 is 0 Å². The van der Waals surface area contributed by atoms with Crippen LogP contribution >= 0.6 is 0 Å². The summed E-state index contributed by atoms with van der Waals surface area (Å²) in [6, 6.07) is 91.1. The SMILES string of the molecule is c1ccc(-c2cc(N(c3ccc(-c4cc5ccccc5c5ccccc45)cc3)c3ccccc3-c3ccccc3)ccc2-c2cc3ccc4ccccc4c3c3ccccc23)cc1. The van der Waals surface area contributed by atoms with Crippen LogP contribution in [0.4, 0.5) is 17.1 Å². The van der Waals surface area contributed by atoms with Crippen LogP contribution < -0.4 is 4.90 Å². The first kappa shape index (κ1) is 36.6. The lowest BCUT2D eigenvalue weighted by Gasteiger charge is -2.29. The zero-order valence-electron chi connectivity index (χ0n) is 34.6. The summed E-state index contributed by atoms with van der Waals surface area (Å²) < 4.78 is 0. The Morgan fingerprint density at radius 1 is 0.222 bits per heavy atom. The summed E-state index contributed by atoms with van der Waals surface area (Å²) in [5.74, 6) is 0. The van der Waals surface area contributed by atoms with Crippen molar-refractivity contribution in [3.8, 4) is 44.5 Å². The van der Waals surface area contributed by atoms with Crippen LogP contribution in [0.2, 0.25) is 0 Å². The van der Waals surface area contributed by atoms with Crippen LogP contribution in [-0.4, -0.2) is 0 Å². The molecule has 0 aliphatic carbocycles. The van der Waals surface area contributed by atoms with Gasteiger partial charge in [0.1, 0.15) is 0 Å².